The summed E-state index contributed by atoms with van der Waals surface area (Å²) in [4.78, 5) is 0. The Kier molecular flexibility index (Phi) is 7.16. The van der Waals surface area contributed by atoms with Gasteiger partial charge in [-0.2, -0.15) is 0 Å². The number of hydrogen-bond acceptors (Lipinski definition) is 0. The molecule has 0 heteroatoms. The molecule has 0 radical (unpaired) electrons. The van der Waals surface area contributed by atoms with Crippen molar-refractivity contribution in [2.45, 2.75) is 85.0 Å². The molecule has 0 spiro atoms. The lowest BCUT2D eigenvalue weighted by molar-refractivity contribution is 0.533. The maximum absolute atomic E-state index is 2.39. The molecule has 0 aromatic rings. The van der Waals surface area contributed by atoms with Gasteiger partial charge < -0.3 is 0 Å². The van der Waals surface area contributed by atoms with Crippen molar-refractivity contribution in [2.75, 3.05) is 0 Å². The first-order valence-corrected chi connectivity index (χ1v) is 7.85. The van der Waals surface area contributed by atoms with E-state index in [4.69, 9.17) is 0 Å². The van der Waals surface area contributed by atoms with Crippen LogP contribution >= 0.6 is 0 Å². The Hall–Kier alpha value is 0. The quantitative estimate of drug-likeness (QED) is 0.411. The first kappa shape index (κ1) is 14.1. The van der Waals surface area contributed by atoms with E-state index in [1.807, 2.05) is 0 Å². The summed E-state index contributed by atoms with van der Waals surface area (Å²) in [6.45, 7) is 7.01. The molecule has 0 saturated heterocycles. The van der Waals surface area contributed by atoms with Crippen molar-refractivity contribution in [3.05, 3.63) is 0 Å². The Balaban J connectivity index is 2.03. The second-order valence-corrected chi connectivity index (χ2v) is 5.74. The molecule has 3 unspecified atom stereocenters. The molecule has 3 atom stereocenters. The fourth-order valence-corrected chi connectivity index (χ4v) is 3.41. The molecular formula is C16H32. The van der Waals surface area contributed by atoms with Crippen molar-refractivity contribution in [1.82, 2.24) is 0 Å². The van der Waals surface area contributed by atoms with Crippen LogP contribution in [0.15, 0.2) is 0 Å². The predicted octanol–water partition coefficient (Wildman–Crippen LogP) is 5.81. The molecule has 0 aromatic carbocycles. The van der Waals surface area contributed by atoms with Gasteiger partial charge in [0.15, 0.2) is 0 Å². The lowest BCUT2D eigenvalue weighted by Crippen LogP contribution is -1.85. The van der Waals surface area contributed by atoms with E-state index >= 15 is 0 Å². The molecule has 0 aliphatic heterocycles. The molecule has 0 aromatic heterocycles. The van der Waals surface area contributed by atoms with Crippen LogP contribution in [0.3, 0.4) is 0 Å². The van der Waals surface area contributed by atoms with Gasteiger partial charge in [-0.15, -0.1) is 0 Å². The van der Waals surface area contributed by atoms with Gasteiger partial charge in [-0.3, -0.25) is 0 Å². The molecule has 1 fully saturated rings. The highest BCUT2D eigenvalue weighted by atomic mass is 14.5. The van der Waals surface area contributed by atoms with Gasteiger partial charge >= 0.3 is 0 Å². The molecular weight excluding hydrogens is 192 g/mol. The van der Waals surface area contributed by atoms with E-state index < -0.39 is 0 Å². The van der Waals surface area contributed by atoms with Crippen LogP contribution in [-0.2, 0) is 0 Å². The topological polar surface area (TPSA) is 0 Å². The largest absolute Gasteiger partial charge is 0.0654 e. The maximum atomic E-state index is 2.39. The Morgan fingerprint density at radius 2 is 1.12 bits per heavy atom. The summed E-state index contributed by atoms with van der Waals surface area (Å²) in [5.41, 5.74) is 0. The molecule has 1 aliphatic carbocycles. The standard InChI is InChI=1S/C16H32/c1-4-7-9-10-11-13-16-14(6-3)15(16)12-8-5-2/h14-16H,4-13H2,1-3H3. The SMILES string of the molecule is CCCCCCCC1C(CC)C1CCCC. The third-order valence-corrected chi connectivity index (χ3v) is 4.51. The van der Waals surface area contributed by atoms with Gasteiger partial charge in [0.2, 0.25) is 0 Å². The van der Waals surface area contributed by atoms with E-state index in [-0.39, 0.29) is 0 Å². The van der Waals surface area contributed by atoms with Crippen molar-refractivity contribution in [3.63, 3.8) is 0 Å². The van der Waals surface area contributed by atoms with Crippen LogP contribution in [0.4, 0.5) is 0 Å². The average molecular weight is 224 g/mol. The molecule has 1 saturated carbocycles. The molecule has 0 amide bonds. The second kappa shape index (κ2) is 8.14. The Labute approximate surface area is 103 Å². The minimum Gasteiger partial charge on any atom is -0.0654 e. The lowest BCUT2D eigenvalue weighted by atomic mass is 10.1. The van der Waals surface area contributed by atoms with Crippen molar-refractivity contribution < 1.29 is 0 Å². The first-order chi connectivity index (χ1) is 7.85. The van der Waals surface area contributed by atoms with Crippen LogP contribution in [0.25, 0.3) is 0 Å². The third-order valence-electron chi connectivity index (χ3n) is 4.51. The van der Waals surface area contributed by atoms with Crippen LogP contribution in [0.1, 0.15) is 85.0 Å². The highest BCUT2D eigenvalue weighted by Crippen LogP contribution is 2.54. The summed E-state index contributed by atoms with van der Waals surface area (Å²) in [5, 5.41) is 0. The van der Waals surface area contributed by atoms with Crippen molar-refractivity contribution >= 4 is 0 Å². The van der Waals surface area contributed by atoms with Gasteiger partial charge in [0, 0.05) is 0 Å². The fourth-order valence-electron chi connectivity index (χ4n) is 3.41. The molecule has 1 aliphatic rings. The lowest BCUT2D eigenvalue weighted by Gasteiger charge is -2.00. The molecule has 1 rings (SSSR count). The summed E-state index contributed by atoms with van der Waals surface area (Å²) in [5.74, 6) is 3.35. The zero-order valence-electron chi connectivity index (χ0n) is 11.8. The summed E-state index contributed by atoms with van der Waals surface area (Å²) < 4.78 is 0. The minimum atomic E-state index is 1.11. The number of hydrogen-bond donors (Lipinski definition) is 0. The third kappa shape index (κ3) is 4.47. The van der Waals surface area contributed by atoms with Gasteiger partial charge in [0.1, 0.15) is 0 Å². The monoisotopic (exact) mass is 224 g/mol. The summed E-state index contributed by atoms with van der Waals surface area (Å²) in [6.07, 6.45) is 14.6. The minimum absolute atomic E-state index is 1.11. The highest BCUT2D eigenvalue weighted by molar-refractivity contribution is 4.95. The Morgan fingerprint density at radius 1 is 0.562 bits per heavy atom. The summed E-state index contributed by atoms with van der Waals surface area (Å²) >= 11 is 0. The molecule has 0 bridgehead atoms. The van der Waals surface area contributed by atoms with Crippen molar-refractivity contribution in [2.24, 2.45) is 17.8 Å². The van der Waals surface area contributed by atoms with E-state index in [1.165, 1.54) is 64.2 Å². The second-order valence-electron chi connectivity index (χ2n) is 5.74. The number of unbranched alkanes of at least 4 members (excludes halogenated alkanes) is 5. The molecule has 0 heterocycles. The fraction of sp³-hybridized carbons (Fsp3) is 1.00. The van der Waals surface area contributed by atoms with Crippen LogP contribution in [-0.4, -0.2) is 0 Å². The van der Waals surface area contributed by atoms with Gasteiger partial charge in [-0.1, -0.05) is 72.1 Å². The van der Waals surface area contributed by atoms with E-state index in [0.29, 0.717) is 0 Å². The van der Waals surface area contributed by atoms with Crippen LogP contribution in [0, 0.1) is 17.8 Å². The van der Waals surface area contributed by atoms with Crippen molar-refractivity contribution in [3.8, 4) is 0 Å². The summed E-state index contributed by atoms with van der Waals surface area (Å²) in [7, 11) is 0. The zero-order valence-corrected chi connectivity index (χ0v) is 11.8. The van der Waals surface area contributed by atoms with E-state index in [1.54, 1.807) is 0 Å². The molecule has 0 N–H and O–H groups in total. The van der Waals surface area contributed by atoms with Crippen LogP contribution < -0.4 is 0 Å². The first-order valence-electron chi connectivity index (χ1n) is 7.85. The normalized spacial score (nSPS) is 28.3. The molecule has 96 valence electrons. The maximum Gasteiger partial charge on any atom is -0.0352 e. The van der Waals surface area contributed by atoms with Crippen LogP contribution in [0.5, 0.6) is 0 Å². The number of rotatable bonds is 10. The Bertz CT molecular complexity index is 161. The van der Waals surface area contributed by atoms with Gasteiger partial charge in [-0.25, -0.2) is 0 Å². The van der Waals surface area contributed by atoms with E-state index in [9.17, 15) is 0 Å². The van der Waals surface area contributed by atoms with Gasteiger partial charge in [0.05, 0.1) is 0 Å². The van der Waals surface area contributed by atoms with Crippen molar-refractivity contribution in [1.29, 1.82) is 0 Å². The van der Waals surface area contributed by atoms with E-state index in [2.05, 4.69) is 20.8 Å². The van der Waals surface area contributed by atoms with Crippen LogP contribution in [0.2, 0.25) is 0 Å². The zero-order chi connectivity index (χ0) is 11.8. The smallest absolute Gasteiger partial charge is 0.0352 e. The molecule has 0 nitrogen and oxygen atoms in total. The Morgan fingerprint density at radius 3 is 1.69 bits per heavy atom. The van der Waals surface area contributed by atoms with E-state index in [0.717, 1.165) is 17.8 Å². The molecule has 16 heavy (non-hydrogen) atoms. The highest BCUT2D eigenvalue weighted by Gasteiger charge is 2.46. The van der Waals surface area contributed by atoms with Gasteiger partial charge in [0.25, 0.3) is 0 Å². The van der Waals surface area contributed by atoms with Gasteiger partial charge in [-0.05, 0) is 30.6 Å². The predicted molar refractivity (Wildman–Crippen MR) is 73.7 cm³/mol. The summed E-state index contributed by atoms with van der Waals surface area (Å²) in [6, 6.07) is 0. The average Bonchev–Trinajstić information content (AvgIpc) is 2.98.